The van der Waals surface area contributed by atoms with Crippen LogP contribution in [-0.2, 0) is 6.42 Å². The third kappa shape index (κ3) is 3.59. The molecular weight excluding hydrogens is 282 g/mol. The topological polar surface area (TPSA) is 12.5 Å². The molecule has 0 spiro atoms. The molecule has 3 aliphatic rings. The van der Waals surface area contributed by atoms with Crippen LogP contribution < -0.4 is 4.74 Å². The molecule has 0 radical (unpaired) electrons. The van der Waals surface area contributed by atoms with Crippen molar-refractivity contribution in [1.29, 1.82) is 0 Å². The number of piperidine rings is 3. The van der Waals surface area contributed by atoms with Gasteiger partial charge in [0.2, 0.25) is 0 Å². The minimum Gasteiger partial charge on any atom is -0.493 e. The van der Waals surface area contributed by atoms with E-state index in [9.17, 15) is 0 Å². The Labute approximate surface area is 139 Å². The summed E-state index contributed by atoms with van der Waals surface area (Å²) < 4.78 is 6.08. The summed E-state index contributed by atoms with van der Waals surface area (Å²) in [7, 11) is 0. The second-order valence-electron chi connectivity index (χ2n) is 7.02. The fourth-order valence-electron chi connectivity index (χ4n) is 4.01. The Morgan fingerprint density at radius 1 is 0.870 bits per heavy atom. The molecule has 3 fully saturated rings. The summed E-state index contributed by atoms with van der Waals surface area (Å²) in [6.07, 6.45) is 3.72. The Morgan fingerprint density at radius 2 is 1.57 bits per heavy atom. The molecule has 2 aromatic carbocycles. The first-order valence-electron chi connectivity index (χ1n) is 8.85. The molecular formula is C21H25NO. The zero-order valence-electron chi connectivity index (χ0n) is 13.7. The van der Waals surface area contributed by atoms with Gasteiger partial charge in [0.05, 0.1) is 6.61 Å². The summed E-state index contributed by atoms with van der Waals surface area (Å²) in [6, 6.07) is 19.3. The van der Waals surface area contributed by atoms with E-state index in [-0.39, 0.29) is 0 Å². The van der Waals surface area contributed by atoms with Gasteiger partial charge in [0.25, 0.3) is 0 Å². The second-order valence-corrected chi connectivity index (χ2v) is 7.02. The monoisotopic (exact) mass is 307 g/mol. The SMILES string of the molecule is c1ccc(Cc2ccc(OCC3CN4CCC3CC4)cc2)cc1. The van der Waals surface area contributed by atoms with Crippen LogP contribution in [0.25, 0.3) is 0 Å². The Kier molecular flexibility index (Phi) is 4.34. The smallest absolute Gasteiger partial charge is 0.119 e. The van der Waals surface area contributed by atoms with Gasteiger partial charge in [0.15, 0.2) is 0 Å². The lowest BCUT2D eigenvalue weighted by molar-refractivity contribution is 0.0257. The second kappa shape index (κ2) is 6.76. The molecule has 1 unspecified atom stereocenters. The van der Waals surface area contributed by atoms with Crippen LogP contribution in [0.3, 0.4) is 0 Å². The first kappa shape index (κ1) is 14.8. The van der Waals surface area contributed by atoms with Gasteiger partial charge >= 0.3 is 0 Å². The van der Waals surface area contributed by atoms with Gasteiger partial charge in [0, 0.05) is 12.5 Å². The lowest BCUT2D eigenvalue weighted by atomic mass is 9.79. The number of nitrogens with zero attached hydrogens (tertiary/aromatic N) is 1. The molecule has 23 heavy (non-hydrogen) atoms. The number of fused-ring (bicyclic) bond motifs is 3. The van der Waals surface area contributed by atoms with Crippen molar-refractivity contribution in [2.75, 3.05) is 26.2 Å². The Hall–Kier alpha value is -1.80. The lowest BCUT2D eigenvalue weighted by Crippen LogP contribution is -2.49. The minimum absolute atomic E-state index is 0.724. The van der Waals surface area contributed by atoms with Gasteiger partial charge in [-0.15, -0.1) is 0 Å². The predicted molar refractivity (Wildman–Crippen MR) is 93.8 cm³/mol. The molecule has 3 heterocycles. The molecule has 2 aromatic rings. The molecule has 2 nitrogen and oxygen atoms in total. The summed E-state index contributed by atoms with van der Waals surface area (Å²) in [5.74, 6) is 2.62. The van der Waals surface area contributed by atoms with Crippen molar-refractivity contribution in [2.45, 2.75) is 19.3 Å². The highest BCUT2D eigenvalue weighted by Gasteiger charge is 2.34. The molecule has 0 saturated carbocycles. The lowest BCUT2D eigenvalue weighted by Gasteiger charge is -2.44. The normalized spacial score (nSPS) is 26.2. The largest absolute Gasteiger partial charge is 0.493 e. The van der Waals surface area contributed by atoms with Gasteiger partial charge < -0.3 is 9.64 Å². The molecule has 2 heteroatoms. The predicted octanol–water partition coefficient (Wildman–Crippen LogP) is 4.00. The third-order valence-electron chi connectivity index (χ3n) is 5.43. The fourth-order valence-corrected chi connectivity index (χ4v) is 4.01. The van der Waals surface area contributed by atoms with E-state index in [4.69, 9.17) is 4.74 Å². The number of benzene rings is 2. The molecule has 120 valence electrons. The first-order valence-corrected chi connectivity index (χ1v) is 8.85. The minimum atomic E-state index is 0.724. The summed E-state index contributed by atoms with van der Waals surface area (Å²) >= 11 is 0. The average molecular weight is 307 g/mol. The number of hydrogen-bond acceptors (Lipinski definition) is 2. The molecule has 0 N–H and O–H groups in total. The summed E-state index contributed by atoms with van der Waals surface area (Å²) in [4.78, 5) is 2.59. The Bertz CT molecular complexity index is 614. The van der Waals surface area contributed by atoms with Crippen LogP contribution in [0.4, 0.5) is 0 Å². The highest BCUT2D eigenvalue weighted by atomic mass is 16.5. The zero-order chi connectivity index (χ0) is 15.5. The van der Waals surface area contributed by atoms with Crippen molar-refractivity contribution >= 4 is 0 Å². The Morgan fingerprint density at radius 3 is 2.22 bits per heavy atom. The fraction of sp³-hybridized carbons (Fsp3) is 0.429. The van der Waals surface area contributed by atoms with E-state index in [0.29, 0.717) is 0 Å². The highest BCUT2D eigenvalue weighted by molar-refractivity contribution is 5.31. The van der Waals surface area contributed by atoms with Crippen molar-refractivity contribution in [3.05, 3.63) is 65.7 Å². The van der Waals surface area contributed by atoms with Crippen LogP contribution in [0.1, 0.15) is 24.0 Å². The van der Waals surface area contributed by atoms with E-state index >= 15 is 0 Å². The van der Waals surface area contributed by atoms with Crippen LogP contribution >= 0.6 is 0 Å². The van der Waals surface area contributed by atoms with Crippen molar-refractivity contribution in [1.82, 2.24) is 4.90 Å². The number of rotatable bonds is 5. The van der Waals surface area contributed by atoms with E-state index in [0.717, 1.165) is 30.6 Å². The molecule has 0 aromatic heterocycles. The molecule has 3 aliphatic heterocycles. The van der Waals surface area contributed by atoms with Gasteiger partial charge in [-0.2, -0.15) is 0 Å². The van der Waals surface area contributed by atoms with Crippen LogP contribution in [-0.4, -0.2) is 31.1 Å². The van der Waals surface area contributed by atoms with Crippen LogP contribution in [0.2, 0.25) is 0 Å². The van der Waals surface area contributed by atoms with Crippen LogP contribution in [0, 0.1) is 11.8 Å². The van der Waals surface area contributed by atoms with E-state index < -0.39 is 0 Å². The number of hydrogen-bond donors (Lipinski definition) is 0. The van der Waals surface area contributed by atoms with Gasteiger partial charge in [-0.05, 0) is 61.5 Å². The highest BCUT2D eigenvalue weighted by Crippen LogP contribution is 2.32. The van der Waals surface area contributed by atoms with Gasteiger partial charge in [-0.3, -0.25) is 0 Å². The summed E-state index contributed by atoms with van der Waals surface area (Å²) in [5, 5.41) is 0. The summed E-state index contributed by atoms with van der Waals surface area (Å²) in [5.41, 5.74) is 2.69. The van der Waals surface area contributed by atoms with Crippen molar-refractivity contribution < 1.29 is 4.74 Å². The zero-order valence-corrected chi connectivity index (χ0v) is 13.7. The van der Waals surface area contributed by atoms with Crippen LogP contribution in [0.15, 0.2) is 54.6 Å². The van der Waals surface area contributed by atoms with E-state index in [1.807, 2.05) is 0 Å². The van der Waals surface area contributed by atoms with Crippen LogP contribution in [0.5, 0.6) is 5.75 Å². The first-order chi connectivity index (χ1) is 11.4. The van der Waals surface area contributed by atoms with E-state index in [1.165, 1.54) is 43.6 Å². The molecule has 5 rings (SSSR count). The molecule has 2 bridgehead atoms. The maximum Gasteiger partial charge on any atom is 0.119 e. The standard InChI is InChI=1S/C21H25NO/c1-2-4-17(5-3-1)14-18-6-8-21(9-7-18)23-16-20-15-22-12-10-19(20)11-13-22/h1-9,19-20H,10-16H2. The summed E-state index contributed by atoms with van der Waals surface area (Å²) in [6.45, 7) is 4.71. The number of ether oxygens (including phenoxy) is 1. The van der Waals surface area contributed by atoms with Crippen molar-refractivity contribution in [3.8, 4) is 5.75 Å². The Balaban J connectivity index is 1.32. The quantitative estimate of drug-likeness (QED) is 0.828. The molecule has 3 saturated heterocycles. The average Bonchev–Trinajstić information content (AvgIpc) is 2.63. The molecule has 0 aliphatic carbocycles. The maximum atomic E-state index is 6.08. The van der Waals surface area contributed by atoms with Gasteiger partial charge in [-0.25, -0.2) is 0 Å². The van der Waals surface area contributed by atoms with Crippen molar-refractivity contribution in [3.63, 3.8) is 0 Å². The molecule has 0 amide bonds. The van der Waals surface area contributed by atoms with Crippen molar-refractivity contribution in [2.24, 2.45) is 11.8 Å². The van der Waals surface area contributed by atoms with E-state index in [1.54, 1.807) is 0 Å². The molecule has 1 atom stereocenters. The van der Waals surface area contributed by atoms with E-state index in [2.05, 4.69) is 59.5 Å². The third-order valence-corrected chi connectivity index (χ3v) is 5.43. The van der Waals surface area contributed by atoms with Gasteiger partial charge in [-0.1, -0.05) is 42.5 Å². The maximum absolute atomic E-state index is 6.08. The van der Waals surface area contributed by atoms with Gasteiger partial charge in [0.1, 0.15) is 5.75 Å².